The molecule has 3 aromatic rings. The number of hydrogen-bond acceptors (Lipinski definition) is 2. The standard InChI is InChI=1S/C22H22F4O2/c1-2-3-6-9-27-16-11-15-18(22(26)20(16)24)17-14(28-15)10-13(19(23)21(17)25)12-7-4-5-8-12/h10-12H,2-9H2,1H3. The van der Waals surface area contributed by atoms with E-state index in [0.717, 1.165) is 38.5 Å². The molecular weight excluding hydrogens is 372 g/mol. The maximum atomic E-state index is 14.8. The zero-order valence-electron chi connectivity index (χ0n) is 15.7. The van der Waals surface area contributed by atoms with Crippen LogP contribution in [-0.2, 0) is 0 Å². The SMILES string of the molecule is CCCCCOc1cc2oc3cc(C4CCCC4)c(F)c(F)c3c2c(F)c1F. The van der Waals surface area contributed by atoms with Crippen molar-refractivity contribution in [1.82, 2.24) is 0 Å². The van der Waals surface area contributed by atoms with Crippen LogP contribution in [0.15, 0.2) is 16.5 Å². The summed E-state index contributed by atoms with van der Waals surface area (Å²) in [6.07, 6.45) is 6.06. The van der Waals surface area contributed by atoms with E-state index >= 15 is 0 Å². The third kappa shape index (κ3) is 3.12. The first-order chi connectivity index (χ1) is 13.5. The quantitative estimate of drug-likeness (QED) is 0.322. The predicted octanol–water partition coefficient (Wildman–Crippen LogP) is 7.37. The molecule has 1 fully saturated rings. The Kier molecular flexibility index (Phi) is 5.21. The van der Waals surface area contributed by atoms with Crippen LogP contribution >= 0.6 is 0 Å². The number of hydrogen-bond donors (Lipinski definition) is 0. The van der Waals surface area contributed by atoms with Crippen LogP contribution in [0.1, 0.15) is 63.4 Å². The number of ether oxygens (including phenoxy) is 1. The van der Waals surface area contributed by atoms with E-state index in [-0.39, 0.29) is 45.8 Å². The first-order valence-electron chi connectivity index (χ1n) is 9.87. The minimum Gasteiger partial charge on any atom is -0.490 e. The predicted molar refractivity (Wildman–Crippen MR) is 99.8 cm³/mol. The summed E-state index contributed by atoms with van der Waals surface area (Å²) in [4.78, 5) is 0. The molecule has 6 heteroatoms. The molecule has 1 aromatic heterocycles. The molecule has 2 aromatic carbocycles. The van der Waals surface area contributed by atoms with Crippen molar-refractivity contribution < 1.29 is 26.7 Å². The summed E-state index contributed by atoms with van der Waals surface area (Å²) in [6, 6.07) is 2.65. The van der Waals surface area contributed by atoms with Crippen molar-refractivity contribution in [3.63, 3.8) is 0 Å². The molecule has 0 amide bonds. The summed E-state index contributed by atoms with van der Waals surface area (Å²) >= 11 is 0. The molecule has 0 spiro atoms. The van der Waals surface area contributed by atoms with Gasteiger partial charge in [-0.1, -0.05) is 32.6 Å². The van der Waals surface area contributed by atoms with Crippen molar-refractivity contribution in [1.29, 1.82) is 0 Å². The van der Waals surface area contributed by atoms with Gasteiger partial charge in [-0.25, -0.2) is 13.2 Å². The van der Waals surface area contributed by atoms with Crippen LogP contribution < -0.4 is 4.74 Å². The Hall–Kier alpha value is -2.24. The smallest absolute Gasteiger partial charge is 0.201 e. The van der Waals surface area contributed by atoms with Crippen molar-refractivity contribution in [2.75, 3.05) is 6.61 Å². The van der Waals surface area contributed by atoms with Gasteiger partial charge in [0.1, 0.15) is 11.2 Å². The Morgan fingerprint density at radius 2 is 1.54 bits per heavy atom. The van der Waals surface area contributed by atoms with Gasteiger partial charge in [-0.05, 0) is 36.8 Å². The molecule has 1 heterocycles. The second-order valence-corrected chi connectivity index (χ2v) is 7.48. The lowest BCUT2D eigenvalue weighted by atomic mass is 9.95. The highest BCUT2D eigenvalue weighted by Crippen LogP contribution is 2.42. The Bertz CT molecular complexity index is 1020. The maximum Gasteiger partial charge on any atom is 0.201 e. The van der Waals surface area contributed by atoms with E-state index in [1.807, 2.05) is 6.92 Å². The van der Waals surface area contributed by atoms with Gasteiger partial charge in [0.05, 0.1) is 17.4 Å². The number of halogens is 4. The molecule has 28 heavy (non-hydrogen) atoms. The summed E-state index contributed by atoms with van der Waals surface area (Å²) in [5.74, 6) is -5.04. The summed E-state index contributed by atoms with van der Waals surface area (Å²) in [6.45, 7) is 2.26. The second kappa shape index (κ2) is 7.64. The monoisotopic (exact) mass is 394 g/mol. The number of rotatable bonds is 6. The number of fused-ring (bicyclic) bond motifs is 3. The van der Waals surface area contributed by atoms with E-state index < -0.39 is 23.3 Å². The Labute approximate surface area is 160 Å². The average Bonchev–Trinajstić information content (AvgIpc) is 3.33. The molecule has 0 atom stereocenters. The number of furan rings is 1. The normalized spacial score (nSPS) is 15.2. The zero-order valence-corrected chi connectivity index (χ0v) is 15.7. The van der Waals surface area contributed by atoms with Gasteiger partial charge in [0, 0.05) is 6.07 Å². The van der Waals surface area contributed by atoms with Crippen molar-refractivity contribution in [2.24, 2.45) is 0 Å². The highest BCUT2D eigenvalue weighted by molar-refractivity contribution is 6.06. The zero-order chi connectivity index (χ0) is 19.8. The minimum absolute atomic E-state index is 0.0252. The highest BCUT2D eigenvalue weighted by Gasteiger charge is 2.28. The van der Waals surface area contributed by atoms with E-state index in [2.05, 4.69) is 0 Å². The minimum atomic E-state index is -1.28. The molecule has 0 aliphatic heterocycles. The number of unbranched alkanes of at least 4 members (excludes halogenated alkanes) is 2. The van der Waals surface area contributed by atoms with Gasteiger partial charge >= 0.3 is 0 Å². The molecular formula is C22H22F4O2. The molecule has 0 bridgehead atoms. The van der Waals surface area contributed by atoms with E-state index in [4.69, 9.17) is 9.15 Å². The maximum absolute atomic E-state index is 14.8. The third-order valence-corrected chi connectivity index (χ3v) is 5.61. The molecule has 0 saturated heterocycles. The van der Waals surface area contributed by atoms with E-state index in [9.17, 15) is 17.6 Å². The lowest BCUT2D eigenvalue weighted by Crippen LogP contribution is -2.01. The highest BCUT2D eigenvalue weighted by atomic mass is 19.2. The summed E-state index contributed by atoms with van der Waals surface area (Å²) in [5.41, 5.74) is 0.219. The first-order valence-corrected chi connectivity index (χ1v) is 9.87. The van der Waals surface area contributed by atoms with Crippen LogP contribution in [0.4, 0.5) is 17.6 Å². The fraction of sp³-hybridized carbons (Fsp3) is 0.455. The Morgan fingerprint density at radius 3 is 2.21 bits per heavy atom. The average molecular weight is 394 g/mol. The van der Waals surface area contributed by atoms with E-state index in [1.54, 1.807) is 0 Å². The van der Waals surface area contributed by atoms with Gasteiger partial charge in [0.2, 0.25) is 5.82 Å². The van der Waals surface area contributed by atoms with Gasteiger partial charge in [-0.2, -0.15) is 4.39 Å². The molecule has 0 radical (unpaired) electrons. The molecule has 0 N–H and O–H groups in total. The second-order valence-electron chi connectivity index (χ2n) is 7.48. The molecule has 0 unspecified atom stereocenters. The van der Waals surface area contributed by atoms with Crippen LogP contribution in [0, 0.1) is 23.3 Å². The molecule has 4 rings (SSSR count). The van der Waals surface area contributed by atoms with E-state index in [0.29, 0.717) is 6.42 Å². The van der Waals surface area contributed by atoms with E-state index in [1.165, 1.54) is 12.1 Å². The van der Waals surface area contributed by atoms with Gasteiger partial charge in [-0.15, -0.1) is 0 Å². The van der Waals surface area contributed by atoms with Crippen LogP contribution in [0.2, 0.25) is 0 Å². The third-order valence-electron chi connectivity index (χ3n) is 5.61. The van der Waals surface area contributed by atoms with Crippen LogP contribution in [0.5, 0.6) is 5.75 Å². The molecule has 1 aliphatic carbocycles. The van der Waals surface area contributed by atoms with Gasteiger partial charge in [-0.3, -0.25) is 0 Å². The summed E-state index contributed by atoms with van der Waals surface area (Å²) < 4.78 is 69.6. The van der Waals surface area contributed by atoms with Crippen molar-refractivity contribution in [3.8, 4) is 5.75 Å². The first kappa shape index (κ1) is 19.1. The van der Waals surface area contributed by atoms with Crippen LogP contribution in [0.3, 0.4) is 0 Å². The molecule has 1 saturated carbocycles. The topological polar surface area (TPSA) is 22.4 Å². The molecule has 1 aliphatic rings. The van der Waals surface area contributed by atoms with Crippen molar-refractivity contribution >= 4 is 21.9 Å². The Balaban J connectivity index is 1.83. The fourth-order valence-electron chi connectivity index (χ4n) is 4.12. The van der Waals surface area contributed by atoms with Crippen molar-refractivity contribution in [3.05, 3.63) is 41.0 Å². The fourth-order valence-corrected chi connectivity index (χ4v) is 4.12. The molecule has 150 valence electrons. The van der Waals surface area contributed by atoms with Gasteiger partial charge < -0.3 is 9.15 Å². The van der Waals surface area contributed by atoms with Crippen LogP contribution in [0.25, 0.3) is 21.9 Å². The lowest BCUT2D eigenvalue weighted by Gasteiger charge is -2.11. The summed E-state index contributed by atoms with van der Waals surface area (Å²) in [5, 5.41) is -0.744. The van der Waals surface area contributed by atoms with Gasteiger partial charge in [0.25, 0.3) is 0 Å². The van der Waals surface area contributed by atoms with Gasteiger partial charge in [0.15, 0.2) is 23.2 Å². The molecule has 2 nitrogen and oxygen atoms in total. The Morgan fingerprint density at radius 1 is 0.893 bits per heavy atom. The number of benzene rings is 2. The largest absolute Gasteiger partial charge is 0.490 e. The lowest BCUT2D eigenvalue weighted by molar-refractivity contribution is 0.287. The van der Waals surface area contributed by atoms with Crippen molar-refractivity contribution in [2.45, 2.75) is 57.8 Å². The summed E-state index contributed by atoms with van der Waals surface area (Å²) in [7, 11) is 0. The van der Waals surface area contributed by atoms with Crippen LogP contribution in [-0.4, -0.2) is 6.61 Å².